The van der Waals surface area contributed by atoms with Crippen LogP contribution < -0.4 is 16.2 Å². The zero-order valence-electron chi connectivity index (χ0n) is 10.6. The number of rotatable bonds is 4. The minimum atomic E-state index is -0.0424. The number of nitrogens with two attached hydrogens (primary N) is 2. The Kier molecular flexibility index (Phi) is 4.33. The van der Waals surface area contributed by atoms with E-state index in [0.29, 0.717) is 6.54 Å². The third-order valence-electron chi connectivity index (χ3n) is 3.09. The molecule has 0 amide bonds. The van der Waals surface area contributed by atoms with Gasteiger partial charge in [-0.2, -0.15) is 0 Å². The molecule has 3 nitrogen and oxygen atoms in total. The molecule has 16 heavy (non-hydrogen) atoms. The van der Waals surface area contributed by atoms with Gasteiger partial charge >= 0.3 is 0 Å². The topological polar surface area (TPSA) is 61.3 Å². The summed E-state index contributed by atoms with van der Waals surface area (Å²) in [6.07, 6.45) is 0.777. The lowest BCUT2D eigenvalue weighted by molar-refractivity contribution is 0.400. The summed E-state index contributed by atoms with van der Waals surface area (Å²) >= 11 is 0. The van der Waals surface area contributed by atoms with Crippen LogP contribution in [0.3, 0.4) is 0 Å². The number of ether oxygens (including phenoxy) is 1. The Morgan fingerprint density at radius 2 is 1.88 bits per heavy atom. The van der Waals surface area contributed by atoms with Crippen LogP contribution in [0.15, 0.2) is 6.07 Å². The standard InChI is InChI=1S/C13H22N2O/c1-8-7-9(2)12(11(15)5-6-14)13(16-4)10(8)3/h7,11H,5-6,14-15H2,1-4H3. The van der Waals surface area contributed by atoms with E-state index in [0.717, 1.165) is 23.3 Å². The summed E-state index contributed by atoms with van der Waals surface area (Å²) in [7, 11) is 1.69. The maximum atomic E-state index is 6.14. The fourth-order valence-corrected chi connectivity index (χ4v) is 2.12. The van der Waals surface area contributed by atoms with Crippen LogP contribution in [0.25, 0.3) is 0 Å². The maximum absolute atomic E-state index is 6.14. The summed E-state index contributed by atoms with van der Waals surface area (Å²) < 4.78 is 5.48. The van der Waals surface area contributed by atoms with Crippen molar-refractivity contribution in [2.45, 2.75) is 33.2 Å². The molecule has 0 fully saturated rings. The zero-order valence-corrected chi connectivity index (χ0v) is 10.6. The highest BCUT2D eigenvalue weighted by molar-refractivity contribution is 5.51. The smallest absolute Gasteiger partial charge is 0.127 e. The predicted molar refractivity (Wildman–Crippen MR) is 67.8 cm³/mol. The normalized spacial score (nSPS) is 12.6. The summed E-state index contributed by atoms with van der Waals surface area (Å²) in [5, 5.41) is 0. The van der Waals surface area contributed by atoms with Gasteiger partial charge in [-0.3, -0.25) is 0 Å². The van der Waals surface area contributed by atoms with Crippen LogP contribution in [-0.2, 0) is 0 Å². The lowest BCUT2D eigenvalue weighted by Crippen LogP contribution is -2.18. The Morgan fingerprint density at radius 1 is 1.25 bits per heavy atom. The van der Waals surface area contributed by atoms with Gasteiger partial charge in [-0.25, -0.2) is 0 Å². The molecule has 0 saturated heterocycles. The molecular formula is C13H22N2O. The average molecular weight is 222 g/mol. The molecule has 0 aliphatic rings. The second-order valence-corrected chi connectivity index (χ2v) is 4.27. The second kappa shape index (κ2) is 5.32. The Bertz CT molecular complexity index is 375. The zero-order chi connectivity index (χ0) is 12.3. The molecular weight excluding hydrogens is 200 g/mol. The number of hydrogen-bond acceptors (Lipinski definition) is 3. The van der Waals surface area contributed by atoms with Crippen LogP contribution in [-0.4, -0.2) is 13.7 Å². The first kappa shape index (κ1) is 13.0. The molecule has 0 spiro atoms. The number of benzene rings is 1. The summed E-state index contributed by atoms with van der Waals surface area (Å²) in [6.45, 7) is 6.81. The second-order valence-electron chi connectivity index (χ2n) is 4.27. The molecule has 1 aromatic carbocycles. The van der Waals surface area contributed by atoms with Crippen molar-refractivity contribution in [3.05, 3.63) is 28.3 Å². The van der Waals surface area contributed by atoms with E-state index < -0.39 is 0 Å². The number of hydrogen-bond donors (Lipinski definition) is 2. The Balaban J connectivity index is 3.30. The SMILES string of the molecule is COc1c(C)c(C)cc(C)c1C(N)CCN. The van der Waals surface area contributed by atoms with Gasteiger partial charge in [0.05, 0.1) is 7.11 Å². The molecule has 0 radical (unpaired) electrons. The summed E-state index contributed by atoms with van der Waals surface area (Å²) in [4.78, 5) is 0. The van der Waals surface area contributed by atoms with E-state index in [-0.39, 0.29) is 6.04 Å². The molecule has 90 valence electrons. The van der Waals surface area contributed by atoms with Crippen molar-refractivity contribution in [3.63, 3.8) is 0 Å². The van der Waals surface area contributed by atoms with Crippen molar-refractivity contribution in [1.82, 2.24) is 0 Å². The van der Waals surface area contributed by atoms with Crippen LogP contribution in [0.1, 0.15) is 34.7 Å². The molecule has 0 bridgehead atoms. The molecule has 0 aliphatic carbocycles. The molecule has 0 heterocycles. The van der Waals surface area contributed by atoms with Crippen LogP contribution >= 0.6 is 0 Å². The predicted octanol–water partition coefficient (Wildman–Crippen LogP) is 1.97. The molecule has 0 aliphatic heterocycles. The van der Waals surface area contributed by atoms with E-state index in [1.807, 2.05) is 0 Å². The molecule has 0 saturated carbocycles. The largest absolute Gasteiger partial charge is 0.496 e. The fourth-order valence-electron chi connectivity index (χ4n) is 2.12. The van der Waals surface area contributed by atoms with E-state index in [1.54, 1.807) is 7.11 Å². The van der Waals surface area contributed by atoms with Gasteiger partial charge in [-0.05, 0) is 50.4 Å². The maximum Gasteiger partial charge on any atom is 0.127 e. The lowest BCUT2D eigenvalue weighted by atomic mass is 9.93. The van der Waals surface area contributed by atoms with Crippen LogP contribution in [0.4, 0.5) is 0 Å². The monoisotopic (exact) mass is 222 g/mol. The molecule has 1 atom stereocenters. The molecule has 3 heteroatoms. The summed E-state index contributed by atoms with van der Waals surface area (Å²) in [5.41, 5.74) is 16.4. The lowest BCUT2D eigenvalue weighted by Gasteiger charge is -2.21. The Hall–Kier alpha value is -1.06. The highest BCUT2D eigenvalue weighted by Gasteiger charge is 2.17. The van der Waals surface area contributed by atoms with Crippen LogP contribution in [0.5, 0.6) is 5.75 Å². The van der Waals surface area contributed by atoms with E-state index in [2.05, 4.69) is 26.8 Å². The van der Waals surface area contributed by atoms with Crippen molar-refractivity contribution in [2.24, 2.45) is 11.5 Å². The van der Waals surface area contributed by atoms with E-state index in [1.165, 1.54) is 11.1 Å². The number of methoxy groups -OCH3 is 1. The first-order chi connectivity index (χ1) is 7.52. The van der Waals surface area contributed by atoms with E-state index >= 15 is 0 Å². The number of aryl methyl sites for hydroxylation is 2. The fraction of sp³-hybridized carbons (Fsp3) is 0.538. The van der Waals surface area contributed by atoms with Gasteiger partial charge in [0.2, 0.25) is 0 Å². The van der Waals surface area contributed by atoms with Crippen molar-refractivity contribution in [3.8, 4) is 5.75 Å². The van der Waals surface area contributed by atoms with Crippen molar-refractivity contribution in [1.29, 1.82) is 0 Å². The van der Waals surface area contributed by atoms with Crippen LogP contribution in [0.2, 0.25) is 0 Å². The highest BCUT2D eigenvalue weighted by atomic mass is 16.5. The van der Waals surface area contributed by atoms with Crippen LogP contribution in [0, 0.1) is 20.8 Å². The third kappa shape index (κ3) is 2.36. The van der Waals surface area contributed by atoms with Gasteiger partial charge in [-0.1, -0.05) is 6.07 Å². The van der Waals surface area contributed by atoms with E-state index in [4.69, 9.17) is 16.2 Å². The first-order valence-electron chi connectivity index (χ1n) is 5.63. The molecule has 1 unspecified atom stereocenters. The molecule has 1 rings (SSSR count). The average Bonchev–Trinajstić information content (AvgIpc) is 2.23. The highest BCUT2D eigenvalue weighted by Crippen LogP contribution is 2.33. The Morgan fingerprint density at radius 3 is 2.38 bits per heavy atom. The summed E-state index contributed by atoms with van der Waals surface area (Å²) in [5.74, 6) is 0.915. The molecule has 4 N–H and O–H groups in total. The minimum absolute atomic E-state index is 0.0424. The van der Waals surface area contributed by atoms with Gasteiger partial charge < -0.3 is 16.2 Å². The first-order valence-corrected chi connectivity index (χ1v) is 5.63. The summed E-state index contributed by atoms with van der Waals surface area (Å²) in [6, 6.07) is 2.11. The third-order valence-corrected chi connectivity index (χ3v) is 3.09. The van der Waals surface area contributed by atoms with Gasteiger partial charge in [0.1, 0.15) is 5.75 Å². The molecule has 1 aromatic rings. The minimum Gasteiger partial charge on any atom is -0.496 e. The molecule has 0 aromatic heterocycles. The van der Waals surface area contributed by atoms with Gasteiger partial charge in [0.15, 0.2) is 0 Å². The van der Waals surface area contributed by atoms with Gasteiger partial charge in [0, 0.05) is 11.6 Å². The Labute approximate surface area is 97.8 Å². The van der Waals surface area contributed by atoms with Gasteiger partial charge in [0.25, 0.3) is 0 Å². The van der Waals surface area contributed by atoms with Crippen molar-refractivity contribution < 1.29 is 4.74 Å². The van der Waals surface area contributed by atoms with Crippen molar-refractivity contribution in [2.75, 3.05) is 13.7 Å². The van der Waals surface area contributed by atoms with Crippen molar-refractivity contribution >= 4 is 0 Å². The van der Waals surface area contributed by atoms with E-state index in [9.17, 15) is 0 Å². The quantitative estimate of drug-likeness (QED) is 0.818. The van der Waals surface area contributed by atoms with Gasteiger partial charge in [-0.15, -0.1) is 0 Å².